The van der Waals surface area contributed by atoms with Crippen molar-refractivity contribution in [3.8, 4) is 0 Å². The van der Waals surface area contributed by atoms with Crippen LogP contribution in [0.3, 0.4) is 0 Å². The van der Waals surface area contributed by atoms with Crippen LogP contribution in [-0.2, 0) is 6.42 Å². The Hall–Kier alpha value is -0.800. The summed E-state index contributed by atoms with van der Waals surface area (Å²) in [4.78, 5) is 0. The van der Waals surface area contributed by atoms with Gasteiger partial charge in [-0.1, -0.05) is 29.8 Å². The van der Waals surface area contributed by atoms with Crippen LogP contribution in [0, 0.1) is 0 Å². The number of benzene rings is 1. The Morgan fingerprint density at radius 2 is 2.21 bits per heavy atom. The summed E-state index contributed by atoms with van der Waals surface area (Å²) in [6, 6.07) is 8.27. The van der Waals surface area contributed by atoms with Gasteiger partial charge >= 0.3 is 0 Å². The summed E-state index contributed by atoms with van der Waals surface area (Å²) in [5.74, 6) is 0. The van der Waals surface area contributed by atoms with Gasteiger partial charge in [0.25, 0.3) is 0 Å². The maximum atomic E-state index is 6.06. The highest BCUT2D eigenvalue weighted by Gasteiger charge is 2.18. The van der Waals surface area contributed by atoms with Gasteiger partial charge in [0.1, 0.15) is 0 Å². The lowest BCUT2D eigenvalue weighted by Gasteiger charge is -2.09. The van der Waals surface area contributed by atoms with Gasteiger partial charge in [0.15, 0.2) is 5.11 Å². The summed E-state index contributed by atoms with van der Waals surface area (Å²) in [5.41, 5.74) is 1.16. The van der Waals surface area contributed by atoms with Crippen molar-refractivity contribution in [3.63, 3.8) is 0 Å². The van der Waals surface area contributed by atoms with Gasteiger partial charge in [-0.15, -0.1) is 0 Å². The minimum Gasteiger partial charge on any atom is -0.361 e. The standard InChI is InChI=1S/C10H11ClN2S/c11-9-4-2-1-3-7(9)5-8-6-12-10(14)13-8/h1-4,8H,5-6H2,(H2,12,13,14). The minimum absolute atomic E-state index is 0.363. The number of hydrogen-bond donors (Lipinski definition) is 2. The highest BCUT2D eigenvalue weighted by atomic mass is 35.5. The highest BCUT2D eigenvalue weighted by molar-refractivity contribution is 7.80. The monoisotopic (exact) mass is 226 g/mol. The van der Waals surface area contributed by atoms with Crippen LogP contribution in [0.4, 0.5) is 0 Å². The van der Waals surface area contributed by atoms with Gasteiger partial charge in [0.2, 0.25) is 0 Å². The van der Waals surface area contributed by atoms with Crippen LogP contribution in [0.5, 0.6) is 0 Å². The Morgan fingerprint density at radius 3 is 2.86 bits per heavy atom. The van der Waals surface area contributed by atoms with Gasteiger partial charge < -0.3 is 10.6 Å². The molecule has 0 amide bonds. The van der Waals surface area contributed by atoms with Crippen LogP contribution in [0.15, 0.2) is 24.3 Å². The van der Waals surface area contributed by atoms with Gasteiger partial charge in [-0.25, -0.2) is 0 Å². The van der Waals surface area contributed by atoms with Gasteiger partial charge in [-0.3, -0.25) is 0 Å². The van der Waals surface area contributed by atoms with Crippen molar-refractivity contribution in [3.05, 3.63) is 34.9 Å². The number of halogens is 1. The van der Waals surface area contributed by atoms with E-state index < -0.39 is 0 Å². The molecule has 1 saturated heterocycles. The van der Waals surface area contributed by atoms with Crippen LogP contribution < -0.4 is 10.6 Å². The van der Waals surface area contributed by atoms with E-state index in [1.54, 1.807) is 0 Å². The Bertz CT molecular complexity index is 354. The molecule has 2 rings (SSSR count). The third kappa shape index (κ3) is 2.16. The molecule has 1 aliphatic rings. The molecule has 1 aromatic carbocycles. The molecule has 74 valence electrons. The molecule has 14 heavy (non-hydrogen) atoms. The van der Waals surface area contributed by atoms with Crippen LogP contribution in [-0.4, -0.2) is 17.7 Å². The van der Waals surface area contributed by atoms with E-state index in [0.29, 0.717) is 6.04 Å². The zero-order chi connectivity index (χ0) is 9.97. The summed E-state index contributed by atoms with van der Waals surface area (Å²) in [7, 11) is 0. The van der Waals surface area contributed by atoms with Gasteiger partial charge in [-0.2, -0.15) is 0 Å². The fourth-order valence-electron chi connectivity index (χ4n) is 1.56. The molecule has 0 aliphatic carbocycles. The summed E-state index contributed by atoms with van der Waals surface area (Å²) in [6.45, 7) is 0.879. The summed E-state index contributed by atoms with van der Waals surface area (Å²) in [6.07, 6.45) is 0.910. The van der Waals surface area contributed by atoms with Gasteiger partial charge in [0.05, 0.1) is 0 Å². The van der Waals surface area contributed by atoms with Crippen molar-refractivity contribution in [1.29, 1.82) is 0 Å². The smallest absolute Gasteiger partial charge is 0.166 e. The van der Waals surface area contributed by atoms with E-state index >= 15 is 0 Å². The topological polar surface area (TPSA) is 24.1 Å². The summed E-state index contributed by atoms with van der Waals surface area (Å²) >= 11 is 11.0. The molecule has 2 N–H and O–H groups in total. The Kier molecular flexibility index (Phi) is 2.89. The first-order chi connectivity index (χ1) is 6.75. The molecular weight excluding hydrogens is 216 g/mol. The molecule has 1 unspecified atom stereocenters. The molecule has 4 heteroatoms. The van der Waals surface area contributed by atoms with Crippen molar-refractivity contribution in [1.82, 2.24) is 10.6 Å². The lowest BCUT2D eigenvalue weighted by Crippen LogP contribution is -2.28. The van der Waals surface area contributed by atoms with Gasteiger partial charge in [0, 0.05) is 17.6 Å². The van der Waals surface area contributed by atoms with E-state index in [9.17, 15) is 0 Å². The molecule has 1 heterocycles. The zero-order valence-electron chi connectivity index (χ0n) is 7.59. The first-order valence-electron chi connectivity index (χ1n) is 4.53. The van der Waals surface area contributed by atoms with E-state index in [0.717, 1.165) is 28.7 Å². The van der Waals surface area contributed by atoms with Crippen LogP contribution in [0.2, 0.25) is 5.02 Å². The first kappa shape index (κ1) is 9.74. The normalized spacial score (nSPS) is 20.4. The summed E-state index contributed by atoms with van der Waals surface area (Å²) in [5, 5.41) is 7.84. The maximum Gasteiger partial charge on any atom is 0.166 e. The average Bonchev–Trinajstić information content (AvgIpc) is 2.56. The van der Waals surface area contributed by atoms with Crippen molar-refractivity contribution in [2.24, 2.45) is 0 Å². The van der Waals surface area contributed by atoms with E-state index in [1.807, 2.05) is 24.3 Å². The van der Waals surface area contributed by atoms with E-state index in [2.05, 4.69) is 10.6 Å². The number of rotatable bonds is 2. The predicted octanol–water partition coefficient (Wildman–Crippen LogP) is 1.73. The van der Waals surface area contributed by atoms with E-state index in [4.69, 9.17) is 23.8 Å². The Labute approximate surface area is 93.6 Å². The second-order valence-electron chi connectivity index (χ2n) is 3.35. The lowest BCUT2D eigenvalue weighted by molar-refractivity contribution is 0.653. The predicted molar refractivity (Wildman–Crippen MR) is 62.7 cm³/mol. The quantitative estimate of drug-likeness (QED) is 0.752. The Balaban J connectivity index is 2.04. The van der Waals surface area contributed by atoms with Gasteiger partial charge in [-0.05, 0) is 30.3 Å². The molecule has 0 spiro atoms. The SMILES string of the molecule is S=C1NCC(Cc2ccccc2Cl)N1. The molecule has 0 bridgehead atoms. The molecule has 1 fully saturated rings. The molecule has 0 aromatic heterocycles. The molecule has 2 nitrogen and oxygen atoms in total. The highest BCUT2D eigenvalue weighted by Crippen LogP contribution is 2.17. The number of hydrogen-bond acceptors (Lipinski definition) is 1. The van der Waals surface area contributed by atoms with E-state index in [-0.39, 0.29) is 0 Å². The third-order valence-electron chi connectivity index (χ3n) is 2.27. The number of thiocarbonyl (C=S) groups is 1. The maximum absolute atomic E-state index is 6.06. The lowest BCUT2D eigenvalue weighted by atomic mass is 10.1. The molecule has 1 aromatic rings. The summed E-state index contributed by atoms with van der Waals surface area (Å²) < 4.78 is 0. The van der Waals surface area contributed by atoms with Crippen LogP contribution >= 0.6 is 23.8 Å². The van der Waals surface area contributed by atoms with Crippen molar-refractivity contribution < 1.29 is 0 Å². The van der Waals surface area contributed by atoms with Crippen molar-refractivity contribution in [2.45, 2.75) is 12.5 Å². The molecular formula is C10H11ClN2S. The second-order valence-corrected chi connectivity index (χ2v) is 4.16. The second kappa shape index (κ2) is 4.15. The number of nitrogens with one attached hydrogen (secondary N) is 2. The third-order valence-corrected chi connectivity index (χ3v) is 2.90. The van der Waals surface area contributed by atoms with Crippen LogP contribution in [0.25, 0.3) is 0 Å². The minimum atomic E-state index is 0.363. The van der Waals surface area contributed by atoms with E-state index in [1.165, 1.54) is 0 Å². The van der Waals surface area contributed by atoms with Crippen molar-refractivity contribution in [2.75, 3.05) is 6.54 Å². The molecule has 0 saturated carbocycles. The zero-order valence-corrected chi connectivity index (χ0v) is 9.16. The largest absolute Gasteiger partial charge is 0.361 e. The first-order valence-corrected chi connectivity index (χ1v) is 5.32. The Morgan fingerprint density at radius 1 is 1.43 bits per heavy atom. The fraction of sp³-hybridized carbons (Fsp3) is 0.300. The molecule has 0 radical (unpaired) electrons. The molecule has 1 atom stereocenters. The van der Waals surface area contributed by atoms with Crippen molar-refractivity contribution >= 4 is 28.9 Å². The fourth-order valence-corrected chi connectivity index (χ4v) is 2.02. The molecule has 1 aliphatic heterocycles. The van der Waals surface area contributed by atoms with Crippen LogP contribution in [0.1, 0.15) is 5.56 Å². The average molecular weight is 227 g/mol.